The fraction of sp³-hybridized carbons (Fsp3) is 0.556. The number of amides is 2. The summed E-state index contributed by atoms with van der Waals surface area (Å²) in [7, 11) is 0. The van der Waals surface area contributed by atoms with Gasteiger partial charge in [0.1, 0.15) is 0 Å². The van der Waals surface area contributed by atoms with Crippen molar-refractivity contribution in [3.8, 4) is 0 Å². The number of benzene rings is 1. The molecular weight excluding hydrogens is 369 g/mol. The highest BCUT2D eigenvalue weighted by Crippen LogP contribution is 2.41. The zero-order valence-corrected chi connectivity index (χ0v) is 14.8. The number of carbonyl (C=O) groups excluding carboxylic acids is 2. The van der Waals surface area contributed by atoms with E-state index in [1.165, 1.54) is 6.42 Å². The Labute approximate surface area is 154 Å². The fourth-order valence-electron chi connectivity index (χ4n) is 3.35. The van der Waals surface area contributed by atoms with Crippen LogP contribution < -0.4 is 10.6 Å². The van der Waals surface area contributed by atoms with E-state index in [0.717, 1.165) is 43.9 Å². The van der Waals surface area contributed by atoms with E-state index < -0.39 is 29.5 Å². The van der Waals surface area contributed by atoms with Crippen LogP contribution in [-0.2, 0) is 15.8 Å². The number of carbonyl (C=O) groups is 2. The lowest BCUT2D eigenvalue weighted by molar-refractivity contribution is -0.137. The summed E-state index contributed by atoms with van der Waals surface area (Å²) in [4.78, 5) is 24.5. The molecule has 0 aliphatic heterocycles. The second-order valence-electron chi connectivity index (χ2n) is 6.97. The van der Waals surface area contributed by atoms with Gasteiger partial charge in [0, 0.05) is 6.04 Å². The van der Waals surface area contributed by atoms with Gasteiger partial charge in [0.15, 0.2) is 0 Å². The molecule has 26 heavy (non-hydrogen) atoms. The van der Waals surface area contributed by atoms with E-state index in [-0.39, 0.29) is 22.7 Å². The first kappa shape index (κ1) is 19.0. The SMILES string of the molecule is O=C(Nc1cc(C(F)(F)F)ccc1Cl)C1CC1C(=O)NC1CCCCC1. The van der Waals surface area contributed by atoms with Crippen LogP contribution in [0, 0.1) is 11.8 Å². The highest BCUT2D eigenvalue weighted by Gasteiger charge is 2.48. The normalized spacial score (nSPS) is 23.4. The monoisotopic (exact) mass is 388 g/mol. The molecule has 2 aliphatic carbocycles. The highest BCUT2D eigenvalue weighted by molar-refractivity contribution is 6.33. The maximum Gasteiger partial charge on any atom is 0.416 e. The van der Waals surface area contributed by atoms with Crippen molar-refractivity contribution in [1.29, 1.82) is 0 Å². The molecule has 2 atom stereocenters. The molecule has 2 N–H and O–H groups in total. The van der Waals surface area contributed by atoms with Gasteiger partial charge in [0.2, 0.25) is 11.8 Å². The summed E-state index contributed by atoms with van der Waals surface area (Å²) in [5.41, 5.74) is -0.982. The van der Waals surface area contributed by atoms with Crippen molar-refractivity contribution in [2.75, 3.05) is 5.32 Å². The Morgan fingerprint density at radius 1 is 1.04 bits per heavy atom. The second-order valence-corrected chi connectivity index (χ2v) is 7.38. The summed E-state index contributed by atoms with van der Waals surface area (Å²) in [6.07, 6.45) is 1.15. The molecule has 142 valence electrons. The molecule has 2 fully saturated rings. The van der Waals surface area contributed by atoms with E-state index in [2.05, 4.69) is 10.6 Å². The van der Waals surface area contributed by atoms with Crippen LogP contribution in [0.15, 0.2) is 18.2 Å². The second kappa shape index (κ2) is 7.47. The number of halogens is 4. The molecule has 0 spiro atoms. The summed E-state index contributed by atoms with van der Waals surface area (Å²) >= 11 is 5.88. The Kier molecular flexibility index (Phi) is 5.46. The van der Waals surface area contributed by atoms with Crippen molar-refractivity contribution in [2.45, 2.75) is 50.7 Å². The van der Waals surface area contributed by atoms with Crippen LogP contribution in [0.25, 0.3) is 0 Å². The van der Waals surface area contributed by atoms with Crippen molar-refractivity contribution in [1.82, 2.24) is 5.32 Å². The van der Waals surface area contributed by atoms with Crippen LogP contribution in [0.1, 0.15) is 44.1 Å². The van der Waals surface area contributed by atoms with Crippen LogP contribution in [0.2, 0.25) is 5.02 Å². The molecule has 0 aromatic heterocycles. The molecule has 2 saturated carbocycles. The van der Waals surface area contributed by atoms with Gasteiger partial charge in [-0.1, -0.05) is 30.9 Å². The average molecular weight is 389 g/mol. The molecular formula is C18H20ClF3N2O2. The van der Waals surface area contributed by atoms with Crippen molar-refractivity contribution in [2.24, 2.45) is 11.8 Å². The van der Waals surface area contributed by atoms with Crippen molar-refractivity contribution in [3.63, 3.8) is 0 Å². The largest absolute Gasteiger partial charge is 0.416 e. The molecule has 0 heterocycles. The molecule has 0 saturated heterocycles. The van der Waals surface area contributed by atoms with E-state index >= 15 is 0 Å². The smallest absolute Gasteiger partial charge is 0.353 e. The van der Waals surface area contributed by atoms with E-state index in [9.17, 15) is 22.8 Å². The Bertz CT molecular complexity index is 702. The first-order valence-corrected chi connectivity index (χ1v) is 9.11. The van der Waals surface area contributed by atoms with Gasteiger partial charge in [0.25, 0.3) is 0 Å². The fourth-order valence-corrected chi connectivity index (χ4v) is 3.52. The summed E-state index contributed by atoms with van der Waals surface area (Å²) < 4.78 is 38.4. The van der Waals surface area contributed by atoms with Gasteiger partial charge < -0.3 is 10.6 Å². The standard InChI is InChI=1S/C18H20ClF3N2O2/c19-14-7-6-10(18(20,21)22)8-15(14)24-17(26)13-9-12(13)16(25)23-11-4-2-1-3-5-11/h6-8,11-13H,1-5,9H2,(H,23,25)(H,24,26). The molecule has 0 radical (unpaired) electrons. The van der Waals surface area contributed by atoms with E-state index in [1.807, 2.05) is 0 Å². The number of hydrogen-bond donors (Lipinski definition) is 2. The summed E-state index contributed by atoms with van der Waals surface area (Å²) in [6.45, 7) is 0. The topological polar surface area (TPSA) is 58.2 Å². The zero-order valence-electron chi connectivity index (χ0n) is 14.0. The lowest BCUT2D eigenvalue weighted by atomic mass is 9.95. The van der Waals surface area contributed by atoms with E-state index in [0.29, 0.717) is 6.42 Å². The van der Waals surface area contributed by atoms with Crippen LogP contribution in [0.5, 0.6) is 0 Å². The average Bonchev–Trinajstić information content (AvgIpc) is 3.37. The molecule has 2 unspecified atom stereocenters. The van der Waals surface area contributed by atoms with Gasteiger partial charge in [0.05, 0.1) is 28.1 Å². The van der Waals surface area contributed by atoms with Crippen LogP contribution >= 0.6 is 11.6 Å². The number of alkyl halides is 3. The summed E-state index contributed by atoms with van der Waals surface area (Å²) in [6, 6.07) is 2.92. The Morgan fingerprint density at radius 2 is 1.69 bits per heavy atom. The zero-order chi connectivity index (χ0) is 18.9. The highest BCUT2D eigenvalue weighted by atomic mass is 35.5. The maximum absolute atomic E-state index is 12.8. The molecule has 1 aromatic carbocycles. The molecule has 1 aromatic rings. The molecule has 8 heteroatoms. The predicted molar refractivity (Wildman–Crippen MR) is 91.7 cm³/mol. The van der Waals surface area contributed by atoms with Gasteiger partial charge >= 0.3 is 6.18 Å². The number of rotatable bonds is 4. The van der Waals surface area contributed by atoms with Gasteiger partial charge in [-0.15, -0.1) is 0 Å². The van der Waals surface area contributed by atoms with Gasteiger partial charge in [-0.2, -0.15) is 13.2 Å². The first-order chi connectivity index (χ1) is 12.3. The number of nitrogens with one attached hydrogen (secondary N) is 2. The van der Waals surface area contributed by atoms with Crippen LogP contribution in [-0.4, -0.2) is 17.9 Å². The molecule has 2 aliphatic rings. The number of hydrogen-bond acceptors (Lipinski definition) is 2. The molecule has 3 rings (SSSR count). The van der Waals surface area contributed by atoms with Gasteiger partial charge in [-0.3, -0.25) is 9.59 Å². The summed E-state index contributed by atoms with van der Waals surface area (Å²) in [5.74, 6) is -1.56. The molecule has 2 amide bonds. The quantitative estimate of drug-likeness (QED) is 0.804. The lowest BCUT2D eigenvalue weighted by Gasteiger charge is -2.22. The first-order valence-electron chi connectivity index (χ1n) is 8.73. The number of anilines is 1. The third kappa shape index (κ3) is 4.50. The third-order valence-electron chi connectivity index (χ3n) is 4.97. The minimum atomic E-state index is -4.52. The Morgan fingerprint density at radius 3 is 2.35 bits per heavy atom. The van der Waals surface area contributed by atoms with Crippen molar-refractivity contribution in [3.05, 3.63) is 28.8 Å². The Balaban J connectivity index is 1.57. The Hall–Kier alpha value is -1.76. The molecule has 0 bridgehead atoms. The predicted octanol–water partition coefficient (Wildman–Crippen LogP) is 4.38. The van der Waals surface area contributed by atoms with Crippen LogP contribution in [0.3, 0.4) is 0 Å². The van der Waals surface area contributed by atoms with Crippen molar-refractivity contribution >= 4 is 29.1 Å². The summed E-state index contributed by atoms with van der Waals surface area (Å²) in [5, 5.41) is 5.42. The molecule has 4 nitrogen and oxygen atoms in total. The van der Waals surface area contributed by atoms with Gasteiger partial charge in [-0.25, -0.2) is 0 Å². The minimum absolute atomic E-state index is 0.0233. The van der Waals surface area contributed by atoms with Crippen LogP contribution in [0.4, 0.5) is 18.9 Å². The third-order valence-corrected chi connectivity index (χ3v) is 5.30. The maximum atomic E-state index is 12.8. The van der Waals surface area contributed by atoms with E-state index in [1.54, 1.807) is 0 Å². The lowest BCUT2D eigenvalue weighted by Crippen LogP contribution is -2.37. The van der Waals surface area contributed by atoms with Crippen molar-refractivity contribution < 1.29 is 22.8 Å². The van der Waals surface area contributed by atoms with E-state index in [4.69, 9.17) is 11.6 Å². The van der Waals surface area contributed by atoms with Gasteiger partial charge in [-0.05, 0) is 37.5 Å². The minimum Gasteiger partial charge on any atom is -0.353 e.